The van der Waals surface area contributed by atoms with Gasteiger partial charge in [0.15, 0.2) is 12.4 Å². The number of amides is 1. The molecule has 1 amide bonds. The number of esters is 1. The first-order valence-corrected chi connectivity index (χ1v) is 8.35. The molecule has 0 radical (unpaired) electrons. The van der Waals surface area contributed by atoms with Crippen LogP contribution in [0.15, 0.2) is 36.4 Å². The van der Waals surface area contributed by atoms with E-state index in [0.29, 0.717) is 24.1 Å². The minimum absolute atomic E-state index is 0.0490. The van der Waals surface area contributed by atoms with Gasteiger partial charge in [0.2, 0.25) is 5.91 Å². The minimum Gasteiger partial charge on any atom is -0.457 e. The van der Waals surface area contributed by atoms with Crippen molar-refractivity contribution in [2.45, 2.75) is 39.0 Å². The molecule has 128 valence electrons. The van der Waals surface area contributed by atoms with Crippen LogP contribution in [0.4, 0.5) is 5.69 Å². The Labute approximate surface area is 142 Å². The Kier molecular flexibility index (Phi) is 6.73. The maximum absolute atomic E-state index is 12.1. The number of nitrogens with one attached hydrogen (secondary N) is 1. The topological polar surface area (TPSA) is 72.5 Å². The van der Waals surface area contributed by atoms with Crippen LogP contribution in [0, 0.1) is 5.92 Å². The summed E-state index contributed by atoms with van der Waals surface area (Å²) in [6.07, 6.45) is 7.60. The molecular formula is C19H23NO4. The molecule has 1 unspecified atom stereocenters. The summed E-state index contributed by atoms with van der Waals surface area (Å²) >= 11 is 0. The number of anilines is 1. The van der Waals surface area contributed by atoms with Gasteiger partial charge in [0.05, 0.1) is 5.92 Å². The van der Waals surface area contributed by atoms with Crippen LogP contribution in [0.2, 0.25) is 0 Å². The van der Waals surface area contributed by atoms with Crippen molar-refractivity contribution in [2.75, 3.05) is 11.9 Å². The number of Topliss-reactive ketones (excluding diaryl/α,β-unsaturated/α-hetero) is 1. The third-order valence-electron chi connectivity index (χ3n) is 3.92. The summed E-state index contributed by atoms with van der Waals surface area (Å²) in [6.45, 7) is 1.69. The number of carbonyl (C=O) groups excluding carboxylic acids is 3. The van der Waals surface area contributed by atoms with E-state index in [1.54, 1.807) is 24.3 Å². The Morgan fingerprint density at radius 1 is 1.17 bits per heavy atom. The Balaban J connectivity index is 1.82. The first-order valence-electron chi connectivity index (χ1n) is 8.35. The van der Waals surface area contributed by atoms with E-state index in [9.17, 15) is 14.4 Å². The molecular weight excluding hydrogens is 306 g/mol. The highest BCUT2D eigenvalue weighted by Crippen LogP contribution is 2.19. The van der Waals surface area contributed by atoms with Gasteiger partial charge in [-0.25, -0.2) is 0 Å². The van der Waals surface area contributed by atoms with Crippen molar-refractivity contribution in [3.05, 3.63) is 42.0 Å². The van der Waals surface area contributed by atoms with Crippen LogP contribution in [-0.4, -0.2) is 24.3 Å². The highest BCUT2D eigenvalue weighted by Gasteiger charge is 2.21. The number of hydrogen-bond acceptors (Lipinski definition) is 4. The molecule has 1 aliphatic rings. The Hall–Kier alpha value is -2.43. The lowest BCUT2D eigenvalue weighted by Gasteiger charge is -2.16. The second-order valence-corrected chi connectivity index (χ2v) is 5.89. The van der Waals surface area contributed by atoms with Gasteiger partial charge >= 0.3 is 5.97 Å². The van der Waals surface area contributed by atoms with Gasteiger partial charge < -0.3 is 10.1 Å². The summed E-state index contributed by atoms with van der Waals surface area (Å²) in [6, 6.07) is 6.60. The maximum atomic E-state index is 12.1. The number of carbonyl (C=O) groups is 3. The van der Waals surface area contributed by atoms with Crippen molar-refractivity contribution in [2.24, 2.45) is 5.92 Å². The number of ether oxygens (including phenoxy) is 1. The van der Waals surface area contributed by atoms with Gasteiger partial charge in [0, 0.05) is 17.7 Å². The summed E-state index contributed by atoms with van der Waals surface area (Å²) in [5.74, 6) is -0.747. The molecule has 1 atom stereocenters. The first-order chi connectivity index (χ1) is 11.6. The van der Waals surface area contributed by atoms with Crippen LogP contribution >= 0.6 is 0 Å². The predicted octanol–water partition coefficient (Wildman–Crippen LogP) is 3.51. The molecule has 0 heterocycles. The van der Waals surface area contributed by atoms with E-state index in [0.717, 1.165) is 19.3 Å². The second kappa shape index (κ2) is 9.01. The van der Waals surface area contributed by atoms with Crippen LogP contribution in [0.5, 0.6) is 0 Å². The number of benzene rings is 1. The largest absolute Gasteiger partial charge is 0.457 e. The van der Waals surface area contributed by atoms with Crippen LogP contribution in [0.3, 0.4) is 0 Å². The van der Waals surface area contributed by atoms with Crippen LogP contribution in [0.25, 0.3) is 0 Å². The lowest BCUT2D eigenvalue weighted by Crippen LogP contribution is -2.22. The van der Waals surface area contributed by atoms with E-state index >= 15 is 0 Å². The lowest BCUT2D eigenvalue weighted by atomic mass is 9.95. The molecule has 5 heteroatoms. The van der Waals surface area contributed by atoms with Crippen molar-refractivity contribution < 1.29 is 19.1 Å². The third-order valence-corrected chi connectivity index (χ3v) is 3.92. The monoisotopic (exact) mass is 329 g/mol. The SMILES string of the molecule is CCCC(=O)Nc1ccc(C(=O)COC(=O)C2CC=CCC2)cc1. The average molecular weight is 329 g/mol. The Bertz CT molecular complexity index is 619. The summed E-state index contributed by atoms with van der Waals surface area (Å²) in [4.78, 5) is 35.5. The fourth-order valence-electron chi connectivity index (χ4n) is 2.54. The molecule has 0 spiro atoms. The van der Waals surface area contributed by atoms with Gasteiger partial charge in [0.25, 0.3) is 0 Å². The zero-order valence-electron chi connectivity index (χ0n) is 13.9. The molecule has 1 aromatic rings. The van der Waals surface area contributed by atoms with Gasteiger partial charge in [0.1, 0.15) is 0 Å². The standard InChI is InChI=1S/C19H23NO4/c1-2-6-18(22)20-16-11-9-14(10-12-16)17(21)13-24-19(23)15-7-4-3-5-8-15/h3-4,9-12,15H,2,5-8,13H2,1H3,(H,20,22). The summed E-state index contributed by atoms with van der Waals surface area (Å²) in [5.41, 5.74) is 1.11. The smallest absolute Gasteiger partial charge is 0.309 e. The molecule has 1 N–H and O–H groups in total. The number of hydrogen-bond donors (Lipinski definition) is 1. The van der Waals surface area contributed by atoms with Crippen molar-refractivity contribution in [1.82, 2.24) is 0 Å². The summed E-state index contributed by atoms with van der Waals surface area (Å²) in [5, 5.41) is 2.76. The Morgan fingerprint density at radius 2 is 1.92 bits per heavy atom. The van der Waals surface area contributed by atoms with E-state index < -0.39 is 0 Å². The van der Waals surface area contributed by atoms with Crippen LogP contribution < -0.4 is 5.32 Å². The van der Waals surface area contributed by atoms with Crippen molar-refractivity contribution >= 4 is 23.3 Å². The lowest BCUT2D eigenvalue weighted by molar-refractivity contribution is -0.147. The molecule has 0 aromatic heterocycles. The average Bonchev–Trinajstić information content (AvgIpc) is 2.61. The molecule has 1 aliphatic carbocycles. The quantitative estimate of drug-likeness (QED) is 0.472. The molecule has 5 nitrogen and oxygen atoms in total. The molecule has 24 heavy (non-hydrogen) atoms. The number of allylic oxidation sites excluding steroid dienone is 2. The molecule has 0 saturated heterocycles. The predicted molar refractivity (Wildman–Crippen MR) is 91.8 cm³/mol. The van der Waals surface area contributed by atoms with Gasteiger partial charge in [-0.3, -0.25) is 14.4 Å². The van der Waals surface area contributed by atoms with Crippen molar-refractivity contribution in [1.29, 1.82) is 0 Å². The van der Waals surface area contributed by atoms with Crippen LogP contribution in [-0.2, 0) is 14.3 Å². The van der Waals surface area contributed by atoms with Crippen molar-refractivity contribution in [3.63, 3.8) is 0 Å². The highest BCUT2D eigenvalue weighted by molar-refractivity contribution is 5.99. The fourth-order valence-corrected chi connectivity index (χ4v) is 2.54. The van der Waals surface area contributed by atoms with Gasteiger partial charge in [-0.1, -0.05) is 19.1 Å². The van der Waals surface area contributed by atoms with Crippen LogP contribution in [0.1, 0.15) is 49.4 Å². The molecule has 0 aliphatic heterocycles. The van der Waals surface area contributed by atoms with E-state index in [1.807, 2.05) is 13.0 Å². The molecule has 0 saturated carbocycles. The molecule has 1 aromatic carbocycles. The molecule has 0 bridgehead atoms. The number of rotatable bonds is 7. The van der Waals surface area contributed by atoms with E-state index in [1.165, 1.54) is 0 Å². The second-order valence-electron chi connectivity index (χ2n) is 5.89. The highest BCUT2D eigenvalue weighted by atomic mass is 16.5. The van der Waals surface area contributed by atoms with Gasteiger partial charge in [-0.05, 0) is 49.9 Å². The van der Waals surface area contributed by atoms with Gasteiger partial charge in [-0.2, -0.15) is 0 Å². The van der Waals surface area contributed by atoms with E-state index in [2.05, 4.69) is 11.4 Å². The minimum atomic E-state index is -0.309. The van der Waals surface area contributed by atoms with E-state index in [-0.39, 0.29) is 30.2 Å². The third kappa shape index (κ3) is 5.33. The van der Waals surface area contributed by atoms with Crippen molar-refractivity contribution in [3.8, 4) is 0 Å². The zero-order valence-corrected chi connectivity index (χ0v) is 13.9. The fraction of sp³-hybridized carbons (Fsp3) is 0.421. The molecule has 0 fully saturated rings. The Morgan fingerprint density at radius 3 is 2.54 bits per heavy atom. The summed E-state index contributed by atoms with van der Waals surface area (Å²) < 4.78 is 5.13. The van der Waals surface area contributed by atoms with E-state index in [4.69, 9.17) is 4.74 Å². The first kappa shape index (κ1) is 17.9. The summed E-state index contributed by atoms with van der Waals surface area (Å²) in [7, 11) is 0. The zero-order chi connectivity index (χ0) is 17.4. The molecule has 2 rings (SSSR count). The maximum Gasteiger partial charge on any atom is 0.309 e. The normalized spacial score (nSPS) is 16.5. The van der Waals surface area contributed by atoms with Gasteiger partial charge in [-0.15, -0.1) is 0 Å². The number of ketones is 1.